The molecule has 0 radical (unpaired) electrons. The molecule has 0 aromatic heterocycles. The van der Waals surface area contributed by atoms with E-state index in [0.29, 0.717) is 5.56 Å². The Kier molecular flexibility index (Phi) is 8.97. The van der Waals surface area contributed by atoms with E-state index in [0.717, 1.165) is 16.9 Å². The maximum atomic E-state index is 6.04. The van der Waals surface area contributed by atoms with Crippen molar-refractivity contribution in [2.75, 3.05) is 7.11 Å². The Labute approximate surface area is 210 Å². The number of rotatable bonds is 3. The summed E-state index contributed by atoms with van der Waals surface area (Å²) in [5, 5.41) is 0. The molecule has 0 heterocycles. The molecule has 2 aromatic rings. The van der Waals surface area contributed by atoms with Crippen LogP contribution in [0.1, 0.15) is 16.7 Å². The van der Waals surface area contributed by atoms with Gasteiger partial charge in [0.2, 0.25) is 7.59 Å². The minimum atomic E-state index is -2.02. The minimum Gasteiger partial charge on any atom is -0.497 e. The van der Waals surface area contributed by atoms with Gasteiger partial charge in [-0.15, -0.1) is 0 Å². The number of hydrogen-bond donors (Lipinski definition) is 1. The molecular weight excluding hydrogens is 523 g/mol. The van der Waals surface area contributed by atoms with Gasteiger partial charge in [0, 0.05) is 16.7 Å². The largest absolute Gasteiger partial charge is 0.497 e. The van der Waals surface area contributed by atoms with Crippen molar-refractivity contribution < 1.29 is 4.74 Å². The van der Waals surface area contributed by atoms with E-state index in [1.54, 1.807) is 31.4 Å². The van der Waals surface area contributed by atoms with E-state index in [9.17, 15) is 0 Å². The van der Waals surface area contributed by atoms with Gasteiger partial charge in [-0.2, -0.15) is 0 Å². The number of nitrogens with zero attached hydrogens (tertiary/aromatic N) is 2. The molecule has 0 saturated carbocycles. The van der Waals surface area contributed by atoms with Crippen LogP contribution in [0, 0.1) is 11.8 Å². The van der Waals surface area contributed by atoms with Gasteiger partial charge in [-0.1, -0.05) is 100 Å². The Morgan fingerprint density at radius 3 is 1.74 bits per heavy atom. The molecule has 0 aliphatic heterocycles. The second-order valence-electron chi connectivity index (χ2n) is 5.93. The van der Waals surface area contributed by atoms with Crippen LogP contribution in [0.4, 0.5) is 0 Å². The fourth-order valence-electron chi connectivity index (χ4n) is 2.06. The van der Waals surface area contributed by atoms with Crippen molar-refractivity contribution in [1.29, 1.82) is 0 Å². The summed E-state index contributed by atoms with van der Waals surface area (Å²) >= 11 is 34.9. The zero-order chi connectivity index (χ0) is 23.2. The second kappa shape index (κ2) is 10.8. The highest BCUT2D eigenvalue weighted by molar-refractivity contribution is 6.77. The highest BCUT2D eigenvalue weighted by Gasteiger charge is 2.32. The van der Waals surface area contributed by atoms with Crippen molar-refractivity contribution in [1.82, 2.24) is 0 Å². The summed E-state index contributed by atoms with van der Waals surface area (Å²) in [6, 6.07) is 14.4. The predicted molar refractivity (Wildman–Crippen MR) is 133 cm³/mol. The van der Waals surface area contributed by atoms with Gasteiger partial charge in [-0.25, -0.2) is 9.98 Å². The van der Waals surface area contributed by atoms with E-state index in [4.69, 9.17) is 80.1 Å². The summed E-state index contributed by atoms with van der Waals surface area (Å²) in [6.45, 7) is 3.53. The number of benzene rings is 2. The normalized spacial score (nSPS) is 12.7. The Hall–Kier alpha value is -1.58. The summed E-state index contributed by atoms with van der Waals surface area (Å²) in [5.74, 6) is 6.63. The molecule has 0 unspecified atom stereocenters. The predicted octanol–water partition coefficient (Wildman–Crippen LogP) is 6.45. The first-order valence-electron chi connectivity index (χ1n) is 8.43. The fourth-order valence-corrected chi connectivity index (χ4v) is 2.44. The van der Waals surface area contributed by atoms with Gasteiger partial charge in [-0.05, 0) is 36.4 Å². The number of halogens is 6. The summed E-state index contributed by atoms with van der Waals surface area (Å²) in [5.41, 5.74) is 8.03. The molecule has 2 rings (SSSR count). The first kappa shape index (κ1) is 25.7. The number of hydrogen-bond acceptors (Lipinski definition) is 2. The molecular formula is C21H15Cl6N3O. The van der Waals surface area contributed by atoms with Gasteiger partial charge in [0.25, 0.3) is 0 Å². The van der Waals surface area contributed by atoms with Crippen molar-refractivity contribution in [3.05, 3.63) is 77.5 Å². The number of amidine groups is 2. The maximum Gasteiger partial charge on any atom is 0.250 e. The van der Waals surface area contributed by atoms with E-state index >= 15 is 0 Å². The highest BCUT2D eigenvalue weighted by Crippen LogP contribution is 2.36. The number of alkyl halides is 6. The number of allylic oxidation sites excluding steroid dienone is 1. The van der Waals surface area contributed by atoms with Crippen molar-refractivity contribution in [3.8, 4) is 17.6 Å². The second-order valence-corrected chi connectivity index (χ2v) is 10.5. The lowest BCUT2D eigenvalue weighted by molar-refractivity contribution is 0.415. The third kappa shape index (κ3) is 8.12. The molecule has 0 aliphatic rings. The maximum absolute atomic E-state index is 6.04. The van der Waals surface area contributed by atoms with Crippen molar-refractivity contribution >= 4 is 81.3 Å². The quantitative estimate of drug-likeness (QED) is 0.211. The van der Waals surface area contributed by atoms with Gasteiger partial charge in [0.15, 0.2) is 5.84 Å². The number of aliphatic imine (C=N–C) groups is 2. The van der Waals surface area contributed by atoms with Gasteiger partial charge >= 0.3 is 0 Å². The molecule has 0 saturated heterocycles. The lowest BCUT2D eigenvalue weighted by Crippen LogP contribution is -2.24. The Morgan fingerprint density at radius 1 is 0.839 bits per heavy atom. The van der Waals surface area contributed by atoms with Crippen LogP contribution in [-0.4, -0.2) is 26.4 Å². The average Bonchev–Trinajstić information content (AvgIpc) is 2.71. The van der Waals surface area contributed by atoms with Crippen LogP contribution < -0.4 is 10.5 Å². The van der Waals surface area contributed by atoms with Crippen LogP contribution in [0.25, 0.3) is 0 Å². The molecule has 0 atom stereocenters. The van der Waals surface area contributed by atoms with Crippen LogP contribution in [0.5, 0.6) is 5.75 Å². The van der Waals surface area contributed by atoms with Crippen molar-refractivity contribution in [3.63, 3.8) is 0 Å². The van der Waals surface area contributed by atoms with Gasteiger partial charge in [-0.3, -0.25) is 0 Å². The van der Waals surface area contributed by atoms with Crippen LogP contribution in [0.15, 0.2) is 70.8 Å². The Bertz CT molecular complexity index is 1050. The van der Waals surface area contributed by atoms with Crippen LogP contribution in [0.2, 0.25) is 0 Å². The minimum absolute atomic E-state index is 0.0388. The molecule has 0 bridgehead atoms. The first-order valence-corrected chi connectivity index (χ1v) is 10.7. The summed E-state index contributed by atoms with van der Waals surface area (Å²) in [6.07, 6.45) is 0. The van der Waals surface area contributed by atoms with E-state index in [-0.39, 0.29) is 17.4 Å². The molecule has 0 aliphatic carbocycles. The Balaban J connectivity index is 2.25. The SMILES string of the molecule is C=C(N=C(N=C(N)c1ccc(C#Cc2ccc(OC)cc2)cc1)C(Cl)(Cl)Cl)C(Cl)(Cl)Cl. The fraction of sp³-hybridized carbons (Fsp3) is 0.143. The average molecular weight is 538 g/mol. The topological polar surface area (TPSA) is 60.0 Å². The molecule has 2 aromatic carbocycles. The third-order valence-corrected chi connectivity index (χ3v) is 4.83. The van der Waals surface area contributed by atoms with Crippen LogP contribution in [-0.2, 0) is 0 Å². The standard InChI is InChI=1S/C21H15Cl6N3O/c1-13(20(22,23)24)29-19(21(25,26)27)30-18(28)16-9-5-14(6-10-16)3-4-15-7-11-17(31-2)12-8-15/h5-12H,1H2,2H3,(H2,28,29,30). The number of methoxy groups -OCH3 is 1. The molecule has 4 nitrogen and oxygen atoms in total. The Morgan fingerprint density at radius 2 is 1.32 bits per heavy atom. The van der Waals surface area contributed by atoms with Gasteiger partial charge in [0.1, 0.15) is 11.6 Å². The van der Waals surface area contributed by atoms with Gasteiger partial charge < -0.3 is 10.5 Å². The zero-order valence-corrected chi connectivity index (χ0v) is 20.5. The monoisotopic (exact) mass is 535 g/mol. The number of ether oxygens (including phenoxy) is 1. The van der Waals surface area contributed by atoms with Crippen LogP contribution >= 0.6 is 69.6 Å². The molecule has 31 heavy (non-hydrogen) atoms. The van der Waals surface area contributed by atoms with Crippen molar-refractivity contribution in [2.45, 2.75) is 7.59 Å². The summed E-state index contributed by atoms with van der Waals surface area (Å²) < 4.78 is 1.21. The lowest BCUT2D eigenvalue weighted by atomic mass is 10.1. The van der Waals surface area contributed by atoms with E-state index in [1.165, 1.54) is 0 Å². The first-order chi connectivity index (χ1) is 14.4. The lowest BCUT2D eigenvalue weighted by Gasteiger charge is -2.15. The molecule has 0 amide bonds. The van der Waals surface area contributed by atoms with E-state index < -0.39 is 7.59 Å². The number of nitrogens with two attached hydrogens (primary N) is 1. The van der Waals surface area contributed by atoms with Gasteiger partial charge in [0.05, 0.1) is 12.8 Å². The highest BCUT2D eigenvalue weighted by atomic mass is 35.6. The van der Waals surface area contributed by atoms with E-state index in [2.05, 4.69) is 28.4 Å². The molecule has 10 heteroatoms. The van der Waals surface area contributed by atoms with Crippen molar-refractivity contribution in [2.24, 2.45) is 15.7 Å². The molecule has 2 N–H and O–H groups in total. The summed E-state index contributed by atoms with van der Waals surface area (Å²) in [4.78, 5) is 7.98. The van der Waals surface area contributed by atoms with E-state index in [1.807, 2.05) is 24.3 Å². The summed E-state index contributed by atoms with van der Waals surface area (Å²) in [7, 11) is 1.61. The van der Waals surface area contributed by atoms with Crippen LogP contribution in [0.3, 0.4) is 0 Å². The smallest absolute Gasteiger partial charge is 0.250 e. The molecule has 0 spiro atoms. The molecule has 0 fully saturated rings. The molecule has 162 valence electrons. The third-order valence-electron chi connectivity index (χ3n) is 3.67. The zero-order valence-electron chi connectivity index (χ0n) is 16.0.